The van der Waals surface area contributed by atoms with Crippen molar-refractivity contribution in [2.45, 2.75) is 117 Å². The molecule has 0 radical (unpaired) electrons. The lowest BCUT2D eigenvalue weighted by atomic mass is 9.96. The van der Waals surface area contributed by atoms with Crippen molar-refractivity contribution < 1.29 is 48.9 Å². The molecular formula is C28H49N5O10. The van der Waals surface area contributed by atoms with Crippen LogP contribution in [0.15, 0.2) is 0 Å². The van der Waals surface area contributed by atoms with Crippen molar-refractivity contribution in [2.24, 2.45) is 23.5 Å². The molecular weight excluding hydrogens is 566 g/mol. The molecule has 0 rings (SSSR count). The number of carboxylic acids is 2. The number of rotatable bonds is 20. The summed E-state index contributed by atoms with van der Waals surface area (Å²) in [5.74, 6) is -6.87. The molecule has 0 aromatic heterocycles. The molecule has 0 aromatic carbocycles. The topological polar surface area (TPSA) is 254 Å². The molecule has 0 aliphatic heterocycles. The van der Waals surface area contributed by atoms with Crippen LogP contribution in [0.1, 0.15) is 80.6 Å². The number of ketones is 1. The van der Waals surface area contributed by atoms with E-state index in [0.29, 0.717) is 0 Å². The summed E-state index contributed by atoms with van der Waals surface area (Å²) < 4.78 is 0. The van der Waals surface area contributed by atoms with Gasteiger partial charge in [-0.1, -0.05) is 41.5 Å². The molecule has 0 aromatic rings. The third-order valence-electron chi connectivity index (χ3n) is 6.48. The highest BCUT2D eigenvalue weighted by Crippen LogP contribution is 2.13. The molecule has 0 heterocycles. The Balaban J connectivity index is 5.85. The molecule has 0 aliphatic rings. The van der Waals surface area contributed by atoms with Gasteiger partial charge in [0.1, 0.15) is 12.1 Å². The predicted molar refractivity (Wildman–Crippen MR) is 155 cm³/mol. The van der Waals surface area contributed by atoms with Crippen molar-refractivity contribution in [3.63, 3.8) is 0 Å². The number of aliphatic hydroxyl groups is 1. The van der Waals surface area contributed by atoms with Gasteiger partial charge in [0.2, 0.25) is 17.7 Å². The summed E-state index contributed by atoms with van der Waals surface area (Å²) in [6.45, 7) is 11.6. The van der Waals surface area contributed by atoms with Crippen molar-refractivity contribution in [3.8, 4) is 0 Å². The van der Waals surface area contributed by atoms with E-state index in [1.807, 2.05) is 13.8 Å². The molecule has 0 fully saturated rings. The normalized spacial score (nSPS) is 15.5. The number of nitrogens with two attached hydrogens (primary N) is 1. The predicted octanol–water partition coefficient (Wildman–Crippen LogP) is -0.709. The van der Waals surface area contributed by atoms with Crippen LogP contribution in [-0.2, 0) is 33.6 Å². The van der Waals surface area contributed by atoms with Crippen LogP contribution in [0.5, 0.6) is 0 Å². The number of hydrogen-bond donors (Lipinski definition) is 8. The lowest BCUT2D eigenvalue weighted by Gasteiger charge is -2.30. The maximum atomic E-state index is 13.4. The second kappa shape index (κ2) is 18.8. The second-order valence-electron chi connectivity index (χ2n) is 11.9. The first-order chi connectivity index (χ1) is 19.8. The highest BCUT2D eigenvalue weighted by molar-refractivity contribution is 5.94. The van der Waals surface area contributed by atoms with Gasteiger partial charge >= 0.3 is 11.9 Å². The molecule has 246 valence electrons. The molecule has 0 bridgehead atoms. The van der Waals surface area contributed by atoms with E-state index >= 15 is 0 Å². The zero-order valence-electron chi connectivity index (χ0n) is 26.0. The van der Waals surface area contributed by atoms with Gasteiger partial charge in [0.15, 0.2) is 11.9 Å². The van der Waals surface area contributed by atoms with E-state index in [1.165, 1.54) is 0 Å². The molecule has 0 saturated carbocycles. The maximum Gasteiger partial charge on any atom is 0.305 e. The lowest BCUT2D eigenvalue weighted by Crippen LogP contribution is -2.60. The molecule has 43 heavy (non-hydrogen) atoms. The molecule has 0 saturated heterocycles. The quantitative estimate of drug-likeness (QED) is 0.0849. The van der Waals surface area contributed by atoms with Crippen LogP contribution < -0.4 is 27.0 Å². The highest BCUT2D eigenvalue weighted by Gasteiger charge is 2.35. The van der Waals surface area contributed by atoms with Crippen LogP contribution in [0.25, 0.3) is 0 Å². The molecule has 0 unspecified atom stereocenters. The average molecular weight is 616 g/mol. The minimum atomic E-state index is -1.84. The van der Waals surface area contributed by atoms with Gasteiger partial charge in [-0.15, -0.1) is 0 Å². The number of aliphatic carboxylic acids is 2. The van der Waals surface area contributed by atoms with E-state index in [-0.39, 0.29) is 37.5 Å². The van der Waals surface area contributed by atoms with E-state index in [4.69, 9.17) is 15.9 Å². The van der Waals surface area contributed by atoms with Crippen LogP contribution in [0.2, 0.25) is 0 Å². The number of amides is 4. The Bertz CT molecular complexity index is 1000. The number of carbonyl (C=O) groups excluding carboxylic acids is 5. The van der Waals surface area contributed by atoms with Gasteiger partial charge in [-0.25, -0.2) is 0 Å². The Kier molecular flexibility index (Phi) is 17.3. The molecule has 6 atom stereocenters. The monoisotopic (exact) mass is 615 g/mol. The largest absolute Gasteiger partial charge is 0.481 e. The summed E-state index contributed by atoms with van der Waals surface area (Å²) in [6, 6.07) is -5.92. The van der Waals surface area contributed by atoms with Gasteiger partial charge in [0.05, 0.1) is 24.5 Å². The van der Waals surface area contributed by atoms with Gasteiger partial charge in [-0.3, -0.25) is 33.6 Å². The fourth-order valence-corrected chi connectivity index (χ4v) is 4.14. The average Bonchev–Trinajstić information content (AvgIpc) is 2.87. The standard InChI is InChI=1S/C28H49N5O10/c1-13(2)10-19(24(39)28(43)30-18(16(7)34)12-22(37)38)31-26(41)20(11-14(3)4)32-27(42)23(15(5)6)33-25(40)17(29)8-9-21(35)36/h13-15,17-20,23-24,39H,8-12,29H2,1-7H3,(H,30,43)(H,31,41)(H,32,42)(H,33,40)(H,35,36)(H,37,38)/t17-,18-,19-,20-,23-,24+/m0/s1. The fraction of sp³-hybridized carbons (Fsp3) is 0.750. The van der Waals surface area contributed by atoms with Crippen LogP contribution in [0.3, 0.4) is 0 Å². The van der Waals surface area contributed by atoms with Crippen LogP contribution in [-0.4, -0.2) is 93.0 Å². The summed E-state index contributed by atoms with van der Waals surface area (Å²) >= 11 is 0. The molecule has 15 heteroatoms. The van der Waals surface area contributed by atoms with Crippen molar-refractivity contribution in [3.05, 3.63) is 0 Å². The number of hydrogen-bond acceptors (Lipinski definition) is 9. The summed E-state index contributed by atoms with van der Waals surface area (Å²) in [5.41, 5.74) is 5.77. The Morgan fingerprint density at radius 2 is 1.21 bits per heavy atom. The summed E-state index contributed by atoms with van der Waals surface area (Å²) in [4.78, 5) is 85.6. The number of nitrogens with one attached hydrogen (secondary N) is 4. The lowest BCUT2D eigenvalue weighted by molar-refractivity contribution is -0.141. The zero-order chi connectivity index (χ0) is 33.6. The zero-order valence-corrected chi connectivity index (χ0v) is 26.0. The first-order valence-electron chi connectivity index (χ1n) is 14.4. The first kappa shape index (κ1) is 39.4. The van der Waals surface area contributed by atoms with Crippen molar-refractivity contribution in [1.82, 2.24) is 21.3 Å². The van der Waals surface area contributed by atoms with Gasteiger partial charge in [0, 0.05) is 6.42 Å². The molecule has 9 N–H and O–H groups in total. The highest BCUT2D eigenvalue weighted by atomic mass is 16.4. The van der Waals surface area contributed by atoms with E-state index < -0.39 is 90.0 Å². The molecule has 15 nitrogen and oxygen atoms in total. The van der Waals surface area contributed by atoms with E-state index in [9.17, 15) is 38.7 Å². The Morgan fingerprint density at radius 1 is 0.674 bits per heavy atom. The fourth-order valence-electron chi connectivity index (χ4n) is 4.14. The van der Waals surface area contributed by atoms with Crippen molar-refractivity contribution in [2.75, 3.05) is 0 Å². The van der Waals surface area contributed by atoms with Gasteiger partial charge < -0.3 is 42.3 Å². The molecule has 0 spiro atoms. The summed E-state index contributed by atoms with van der Waals surface area (Å²) in [6.07, 6.45) is -2.70. The van der Waals surface area contributed by atoms with Gasteiger partial charge in [0.25, 0.3) is 5.91 Å². The molecule has 0 aliphatic carbocycles. The van der Waals surface area contributed by atoms with Gasteiger partial charge in [-0.2, -0.15) is 0 Å². The van der Waals surface area contributed by atoms with E-state index in [0.717, 1.165) is 6.92 Å². The van der Waals surface area contributed by atoms with Crippen LogP contribution in [0.4, 0.5) is 0 Å². The second-order valence-corrected chi connectivity index (χ2v) is 11.9. The Hall–Kier alpha value is -3.59. The van der Waals surface area contributed by atoms with E-state index in [2.05, 4.69) is 21.3 Å². The number of Topliss-reactive ketones (excluding diaryl/α,β-unsaturated/α-hetero) is 1. The maximum absolute atomic E-state index is 13.4. The van der Waals surface area contributed by atoms with Crippen molar-refractivity contribution in [1.29, 1.82) is 0 Å². The summed E-state index contributed by atoms with van der Waals surface area (Å²) in [5, 5.41) is 38.6. The minimum Gasteiger partial charge on any atom is -0.481 e. The van der Waals surface area contributed by atoms with Crippen LogP contribution >= 0.6 is 0 Å². The third-order valence-corrected chi connectivity index (χ3v) is 6.48. The van der Waals surface area contributed by atoms with Gasteiger partial charge in [-0.05, 0) is 43.9 Å². The first-order valence-corrected chi connectivity index (χ1v) is 14.4. The number of carbonyl (C=O) groups is 7. The van der Waals surface area contributed by atoms with E-state index in [1.54, 1.807) is 27.7 Å². The number of aliphatic hydroxyl groups excluding tert-OH is 1. The number of carboxylic acid groups (broad SMARTS) is 2. The SMILES string of the molecule is CC(=O)[C@H](CC(=O)O)NC(=O)[C@H](O)[C@H](CC(C)C)NC(=O)[C@H](CC(C)C)NC(=O)[C@@H](NC(=O)[C@@H](N)CCC(=O)O)C(C)C. The smallest absolute Gasteiger partial charge is 0.305 e. The Labute approximate surface area is 252 Å². The summed E-state index contributed by atoms with van der Waals surface area (Å²) in [7, 11) is 0. The molecule has 4 amide bonds. The van der Waals surface area contributed by atoms with Crippen LogP contribution in [0, 0.1) is 17.8 Å². The minimum absolute atomic E-state index is 0.0864. The Morgan fingerprint density at radius 3 is 1.65 bits per heavy atom. The van der Waals surface area contributed by atoms with Crippen molar-refractivity contribution >= 4 is 41.4 Å². The third kappa shape index (κ3) is 15.4.